The molecule has 2 aliphatic heterocycles. The Morgan fingerprint density at radius 1 is 1.36 bits per heavy atom. The van der Waals surface area contributed by atoms with Crippen LogP contribution in [0.2, 0.25) is 0 Å². The summed E-state index contributed by atoms with van der Waals surface area (Å²) >= 11 is 1.85. The molecule has 2 aliphatic rings. The molecule has 0 amide bonds. The van der Waals surface area contributed by atoms with Gasteiger partial charge >= 0.3 is 0 Å². The number of nitrogens with zero attached hydrogens (tertiary/aromatic N) is 2. The van der Waals surface area contributed by atoms with Gasteiger partial charge in [-0.05, 0) is 23.6 Å². The summed E-state index contributed by atoms with van der Waals surface area (Å²) in [7, 11) is 0. The van der Waals surface area contributed by atoms with Gasteiger partial charge in [0.25, 0.3) is 0 Å². The molecule has 2 saturated heterocycles. The molecule has 2 fully saturated rings. The van der Waals surface area contributed by atoms with E-state index >= 15 is 0 Å². The second kappa shape index (κ2) is 5.99. The highest BCUT2D eigenvalue weighted by Crippen LogP contribution is 2.42. The first-order valence-corrected chi connectivity index (χ1v) is 8.69. The van der Waals surface area contributed by atoms with Crippen molar-refractivity contribution < 1.29 is 4.74 Å². The topological polar surface area (TPSA) is 37.4 Å². The second-order valence-electron chi connectivity index (χ2n) is 6.39. The highest BCUT2D eigenvalue weighted by molar-refractivity contribution is 7.09. The zero-order valence-corrected chi connectivity index (χ0v) is 13.4. The molecule has 0 saturated carbocycles. The predicted octanol–water partition coefficient (Wildman–Crippen LogP) is 2.70. The number of hydrogen-bond donors (Lipinski definition) is 1. The van der Waals surface area contributed by atoms with E-state index in [4.69, 9.17) is 4.74 Å². The first kappa shape index (κ1) is 14.2. The highest BCUT2D eigenvalue weighted by atomic mass is 32.1. The van der Waals surface area contributed by atoms with Crippen molar-refractivity contribution in [2.45, 2.75) is 6.54 Å². The maximum atomic E-state index is 5.80. The summed E-state index contributed by atoms with van der Waals surface area (Å²) < 4.78 is 5.80. The molecule has 4 nitrogen and oxygen atoms in total. The van der Waals surface area contributed by atoms with Crippen LogP contribution in [0.3, 0.4) is 0 Å². The van der Waals surface area contributed by atoms with Crippen LogP contribution in [-0.4, -0.2) is 42.7 Å². The van der Waals surface area contributed by atoms with Crippen molar-refractivity contribution in [3.63, 3.8) is 0 Å². The average Bonchev–Trinajstić information content (AvgIpc) is 3.23. The van der Waals surface area contributed by atoms with Crippen molar-refractivity contribution in [3.05, 3.63) is 46.8 Å². The van der Waals surface area contributed by atoms with Crippen LogP contribution in [0.25, 0.3) is 0 Å². The number of nitrogens with one attached hydrogen (secondary N) is 1. The zero-order valence-electron chi connectivity index (χ0n) is 12.6. The molecule has 5 heteroatoms. The minimum atomic E-state index is 0.231. The third-order valence-corrected chi connectivity index (χ3v) is 5.70. The molecular formula is C17H21N3OS. The molecule has 2 aromatic rings. The number of likely N-dealkylation sites (tertiary alicyclic amines) is 1. The van der Waals surface area contributed by atoms with E-state index in [0.717, 1.165) is 45.2 Å². The predicted molar refractivity (Wildman–Crippen MR) is 89.1 cm³/mol. The van der Waals surface area contributed by atoms with Crippen LogP contribution in [0.4, 0.5) is 5.82 Å². The lowest BCUT2D eigenvalue weighted by molar-refractivity contribution is 0.131. The number of pyridine rings is 1. The summed E-state index contributed by atoms with van der Waals surface area (Å²) in [5.41, 5.74) is 0.231. The third kappa shape index (κ3) is 2.76. The molecule has 0 unspecified atom stereocenters. The molecule has 0 bridgehead atoms. The van der Waals surface area contributed by atoms with Crippen molar-refractivity contribution >= 4 is 17.2 Å². The fourth-order valence-electron chi connectivity index (χ4n) is 3.67. The summed E-state index contributed by atoms with van der Waals surface area (Å²) in [6.45, 7) is 6.01. The summed E-state index contributed by atoms with van der Waals surface area (Å²) in [6.07, 6.45) is 1.83. The molecule has 2 atom stereocenters. The molecule has 0 radical (unpaired) electrons. The van der Waals surface area contributed by atoms with Crippen LogP contribution in [0.1, 0.15) is 4.88 Å². The monoisotopic (exact) mass is 315 g/mol. The zero-order chi connectivity index (χ0) is 14.8. The Bertz CT molecular complexity index is 604. The Kier molecular flexibility index (Phi) is 3.86. The van der Waals surface area contributed by atoms with E-state index in [0.29, 0.717) is 5.92 Å². The molecular weight excluding hydrogens is 294 g/mol. The van der Waals surface area contributed by atoms with Gasteiger partial charge in [0, 0.05) is 48.6 Å². The minimum absolute atomic E-state index is 0.231. The van der Waals surface area contributed by atoms with Crippen molar-refractivity contribution in [2.75, 3.05) is 38.2 Å². The van der Waals surface area contributed by atoms with Gasteiger partial charge in [-0.2, -0.15) is 0 Å². The Hall–Kier alpha value is -1.43. The highest BCUT2D eigenvalue weighted by Gasteiger charge is 2.50. The van der Waals surface area contributed by atoms with Crippen LogP contribution < -0.4 is 5.32 Å². The summed E-state index contributed by atoms with van der Waals surface area (Å²) in [5, 5.41) is 5.67. The van der Waals surface area contributed by atoms with E-state index in [1.165, 1.54) is 4.88 Å². The maximum Gasteiger partial charge on any atom is 0.125 e. The van der Waals surface area contributed by atoms with Gasteiger partial charge in [0.1, 0.15) is 5.82 Å². The van der Waals surface area contributed by atoms with Gasteiger partial charge in [0.15, 0.2) is 0 Å². The second-order valence-corrected chi connectivity index (χ2v) is 7.42. The number of thiophene rings is 1. The Morgan fingerprint density at radius 3 is 3.18 bits per heavy atom. The number of fused-ring (bicyclic) bond motifs is 1. The maximum absolute atomic E-state index is 5.80. The van der Waals surface area contributed by atoms with Crippen molar-refractivity contribution in [1.29, 1.82) is 0 Å². The number of ether oxygens (including phenoxy) is 1. The van der Waals surface area contributed by atoms with Gasteiger partial charge in [0.2, 0.25) is 0 Å². The first-order chi connectivity index (χ1) is 10.8. The van der Waals surface area contributed by atoms with Crippen LogP contribution in [-0.2, 0) is 11.3 Å². The van der Waals surface area contributed by atoms with E-state index in [1.807, 2.05) is 35.7 Å². The lowest BCUT2D eigenvalue weighted by Crippen LogP contribution is -2.37. The van der Waals surface area contributed by atoms with E-state index < -0.39 is 0 Å². The molecule has 2 aromatic heterocycles. The Labute approximate surface area is 135 Å². The summed E-state index contributed by atoms with van der Waals surface area (Å²) in [4.78, 5) is 8.40. The largest absolute Gasteiger partial charge is 0.380 e. The number of aromatic nitrogens is 1. The van der Waals surface area contributed by atoms with Crippen LogP contribution in [0, 0.1) is 11.3 Å². The van der Waals surface area contributed by atoms with Crippen molar-refractivity contribution in [1.82, 2.24) is 9.88 Å². The van der Waals surface area contributed by atoms with E-state index in [9.17, 15) is 0 Å². The minimum Gasteiger partial charge on any atom is -0.380 e. The van der Waals surface area contributed by atoms with Gasteiger partial charge < -0.3 is 10.1 Å². The van der Waals surface area contributed by atoms with Gasteiger partial charge in [-0.1, -0.05) is 12.1 Å². The molecule has 116 valence electrons. The number of hydrogen-bond acceptors (Lipinski definition) is 5. The molecule has 0 spiro atoms. The van der Waals surface area contributed by atoms with Crippen molar-refractivity contribution in [3.8, 4) is 0 Å². The molecule has 0 aromatic carbocycles. The smallest absolute Gasteiger partial charge is 0.125 e. The average molecular weight is 315 g/mol. The number of anilines is 1. The van der Waals surface area contributed by atoms with E-state index in [2.05, 4.69) is 32.7 Å². The van der Waals surface area contributed by atoms with E-state index in [1.54, 1.807) is 0 Å². The lowest BCUT2D eigenvalue weighted by Gasteiger charge is -2.27. The van der Waals surface area contributed by atoms with Gasteiger partial charge in [-0.25, -0.2) is 4.98 Å². The first-order valence-electron chi connectivity index (χ1n) is 7.81. The molecule has 1 N–H and O–H groups in total. The van der Waals surface area contributed by atoms with Crippen LogP contribution >= 0.6 is 11.3 Å². The SMILES string of the molecule is c1ccc(NC[C@]23COC[C@H]2CN(Cc2cccs2)C3)nc1. The molecule has 4 rings (SSSR count). The van der Waals surface area contributed by atoms with Gasteiger partial charge in [-0.15, -0.1) is 11.3 Å². The normalized spacial score (nSPS) is 27.9. The van der Waals surface area contributed by atoms with E-state index in [-0.39, 0.29) is 5.41 Å². The Balaban J connectivity index is 1.42. The fourth-order valence-corrected chi connectivity index (χ4v) is 4.42. The van der Waals surface area contributed by atoms with Crippen LogP contribution in [0.5, 0.6) is 0 Å². The van der Waals surface area contributed by atoms with Crippen LogP contribution in [0.15, 0.2) is 41.9 Å². The molecule has 22 heavy (non-hydrogen) atoms. The van der Waals surface area contributed by atoms with Gasteiger partial charge in [-0.3, -0.25) is 4.90 Å². The Morgan fingerprint density at radius 2 is 2.36 bits per heavy atom. The molecule has 0 aliphatic carbocycles. The quantitative estimate of drug-likeness (QED) is 0.920. The van der Waals surface area contributed by atoms with Gasteiger partial charge in [0.05, 0.1) is 13.2 Å². The number of rotatable bonds is 5. The van der Waals surface area contributed by atoms with Crippen molar-refractivity contribution in [2.24, 2.45) is 11.3 Å². The summed E-state index contributed by atoms with van der Waals surface area (Å²) in [6, 6.07) is 10.4. The lowest BCUT2D eigenvalue weighted by atomic mass is 9.81. The summed E-state index contributed by atoms with van der Waals surface area (Å²) in [5.74, 6) is 1.59. The molecule has 4 heterocycles. The fraction of sp³-hybridized carbons (Fsp3) is 0.471. The standard InChI is InChI=1S/C17H21N3OS/c1-2-6-18-16(5-1)19-11-17-12-20(8-14(17)10-21-13-17)9-15-4-3-7-22-15/h1-7,14H,8-13H2,(H,18,19)/t14-,17+/m1/s1. The third-order valence-electron chi connectivity index (χ3n) is 4.84.